The monoisotopic (exact) mass is 421 g/mol. The molecule has 1 amide bonds. The fraction of sp³-hybridized carbons (Fsp3) is 0.455. The molecule has 9 nitrogen and oxygen atoms in total. The first kappa shape index (κ1) is 19.9. The van der Waals surface area contributed by atoms with Gasteiger partial charge in [0.25, 0.3) is 0 Å². The Hall–Kier alpha value is -3.04. The van der Waals surface area contributed by atoms with Crippen LogP contribution < -0.4 is 4.90 Å². The molecule has 0 spiro atoms. The van der Waals surface area contributed by atoms with Crippen LogP contribution in [-0.2, 0) is 22.5 Å². The minimum Gasteiger partial charge on any atom is -0.379 e. The summed E-state index contributed by atoms with van der Waals surface area (Å²) in [5.41, 5.74) is 3.07. The van der Waals surface area contributed by atoms with E-state index in [4.69, 9.17) is 4.74 Å². The van der Waals surface area contributed by atoms with E-state index in [1.165, 1.54) is 5.56 Å². The van der Waals surface area contributed by atoms with Gasteiger partial charge >= 0.3 is 0 Å². The Bertz CT molecular complexity index is 1040. The van der Waals surface area contributed by atoms with Crippen molar-refractivity contribution in [3.05, 3.63) is 53.9 Å². The molecule has 2 saturated heterocycles. The van der Waals surface area contributed by atoms with Crippen molar-refractivity contribution in [2.45, 2.75) is 13.0 Å². The molecule has 0 bridgehead atoms. The molecule has 0 saturated carbocycles. The summed E-state index contributed by atoms with van der Waals surface area (Å²) in [4.78, 5) is 19.5. The lowest BCUT2D eigenvalue weighted by molar-refractivity contribution is -0.130. The molecule has 3 aromatic rings. The number of rotatable bonds is 5. The molecule has 5 rings (SSSR count). The van der Waals surface area contributed by atoms with Crippen LogP contribution in [0.3, 0.4) is 0 Å². The van der Waals surface area contributed by atoms with Gasteiger partial charge in [-0.25, -0.2) is 0 Å². The SMILES string of the molecule is O=C(Cc1cccc(CN2CCOCC2)c1)N1CCN(c2ccc3nncn3n2)CC1. The lowest BCUT2D eigenvalue weighted by Gasteiger charge is -2.35. The standard InChI is InChI=1S/C22H27N7O2/c30-22(15-18-2-1-3-19(14-18)16-26-10-12-31-13-11-26)28-8-6-27(7-9-28)21-5-4-20-24-23-17-29(20)25-21/h1-5,14,17H,6-13,15-16H2. The number of hydrogen-bond acceptors (Lipinski definition) is 7. The first-order chi connectivity index (χ1) is 15.2. The summed E-state index contributed by atoms with van der Waals surface area (Å²) in [6.07, 6.45) is 2.05. The molecule has 0 radical (unpaired) electrons. The molecule has 2 aromatic heterocycles. The Kier molecular flexibility index (Phi) is 5.77. The molecule has 0 atom stereocenters. The molecule has 2 fully saturated rings. The van der Waals surface area contributed by atoms with Gasteiger partial charge in [0.15, 0.2) is 5.65 Å². The Labute approximate surface area is 181 Å². The molecule has 31 heavy (non-hydrogen) atoms. The average molecular weight is 422 g/mol. The van der Waals surface area contributed by atoms with Crippen LogP contribution >= 0.6 is 0 Å². The predicted molar refractivity (Wildman–Crippen MR) is 116 cm³/mol. The molecule has 2 aliphatic heterocycles. The van der Waals surface area contributed by atoms with Crippen molar-refractivity contribution in [3.63, 3.8) is 0 Å². The van der Waals surface area contributed by atoms with Crippen LogP contribution in [0.2, 0.25) is 0 Å². The molecular weight excluding hydrogens is 394 g/mol. The molecule has 2 aliphatic rings. The maximum Gasteiger partial charge on any atom is 0.227 e. The summed E-state index contributed by atoms with van der Waals surface area (Å²) in [6.45, 7) is 7.38. The highest BCUT2D eigenvalue weighted by Gasteiger charge is 2.22. The van der Waals surface area contributed by atoms with E-state index in [1.54, 1.807) is 10.8 Å². The van der Waals surface area contributed by atoms with Crippen LogP contribution in [0, 0.1) is 0 Å². The number of aromatic nitrogens is 4. The summed E-state index contributed by atoms with van der Waals surface area (Å²) >= 11 is 0. The van der Waals surface area contributed by atoms with E-state index in [0.717, 1.165) is 63.0 Å². The minimum atomic E-state index is 0.186. The van der Waals surface area contributed by atoms with Gasteiger partial charge in [0.2, 0.25) is 5.91 Å². The smallest absolute Gasteiger partial charge is 0.227 e. The molecule has 1 aromatic carbocycles. The molecule has 9 heteroatoms. The van der Waals surface area contributed by atoms with E-state index in [0.29, 0.717) is 19.5 Å². The highest BCUT2D eigenvalue weighted by molar-refractivity contribution is 5.79. The fourth-order valence-corrected chi connectivity index (χ4v) is 4.21. The molecule has 162 valence electrons. The normalized spacial score (nSPS) is 17.9. The van der Waals surface area contributed by atoms with Gasteiger partial charge in [-0.3, -0.25) is 9.69 Å². The fourth-order valence-electron chi connectivity index (χ4n) is 4.21. The third-order valence-corrected chi connectivity index (χ3v) is 5.96. The van der Waals surface area contributed by atoms with Crippen molar-refractivity contribution in [1.29, 1.82) is 0 Å². The summed E-state index contributed by atoms with van der Waals surface area (Å²) in [7, 11) is 0. The molecule has 0 unspecified atom stereocenters. The molecule has 4 heterocycles. The Morgan fingerprint density at radius 2 is 1.77 bits per heavy atom. The second-order valence-corrected chi connectivity index (χ2v) is 8.08. The number of carbonyl (C=O) groups is 1. The summed E-state index contributed by atoms with van der Waals surface area (Å²) in [5, 5.41) is 12.4. The maximum atomic E-state index is 12.9. The number of fused-ring (bicyclic) bond motifs is 1. The number of piperazine rings is 1. The highest BCUT2D eigenvalue weighted by atomic mass is 16.5. The first-order valence-corrected chi connectivity index (χ1v) is 10.8. The van der Waals surface area contributed by atoms with Gasteiger partial charge in [0.05, 0.1) is 19.6 Å². The van der Waals surface area contributed by atoms with Crippen LogP contribution in [0.4, 0.5) is 5.82 Å². The van der Waals surface area contributed by atoms with Gasteiger partial charge in [-0.15, -0.1) is 15.3 Å². The van der Waals surface area contributed by atoms with Crippen molar-refractivity contribution >= 4 is 17.4 Å². The zero-order valence-corrected chi connectivity index (χ0v) is 17.6. The highest BCUT2D eigenvalue weighted by Crippen LogP contribution is 2.16. The topological polar surface area (TPSA) is 79.1 Å². The summed E-state index contributed by atoms with van der Waals surface area (Å²) < 4.78 is 7.10. The number of morpholine rings is 1. The predicted octanol–water partition coefficient (Wildman–Crippen LogP) is 0.848. The molecule has 0 aliphatic carbocycles. The molecular formula is C22H27N7O2. The molecule has 0 N–H and O–H groups in total. The lowest BCUT2D eigenvalue weighted by atomic mass is 10.1. The Balaban J connectivity index is 1.15. The quantitative estimate of drug-likeness (QED) is 0.604. The van der Waals surface area contributed by atoms with E-state index >= 15 is 0 Å². The van der Waals surface area contributed by atoms with Crippen LogP contribution in [0.15, 0.2) is 42.7 Å². The number of amides is 1. The zero-order valence-electron chi connectivity index (χ0n) is 17.6. The number of nitrogens with zero attached hydrogens (tertiary/aromatic N) is 7. The van der Waals surface area contributed by atoms with Gasteiger partial charge < -0.3 is 14.5 Å². The van der Waals surface area contributed by atoms with Crippen molar-refractivity contribution in [3.8, 4) is 0 Å². The minimum absolute atomic E-state index is 0.186. The summed E-state index contributed by atoms with van der Waals surface area (Å²) in [6, 6.07) is 12.3. The number of benzene rings is 1. The maximum absolute atomic E-state index is 12.9. The van der Waals surface area contributed by atoms with Crippen molar-refractivity contribution < 1.29 is 9.53 Å². The van der Waals surface area contributed by atoms with Crippen LogP contribution in [0.5, 0.6) is 0 Å². The second-order valence-electron chi connectivity index (χ2n) is 8.08. The number of anilines is 1. The Morgan fingerprint density at radius 1 is 0.968 bits per heavy atom. The van der Waals surface area contributed by atoms with Crippen molar-refractivity contribution in [1.82, 2.24) is 29.6 Å². The van der Waals surface area contributed by atoms with Crippen LogP contribution in [-0.4, -0.2) is 88.0 Å². The van der Waals surface area contributed by atoms with E-state index in [2.05, 4.69) is 49.4 Å². The van der Waals surface area contributed by atoms with Gasteiger partial charge in [-0.1, -0.05) is 24.3 Å². The van der Waals surface area contributed by atoms with Gasteiger partial charge in [-0.05, 0) is 23.3 Å². The van der Waals surface area contributed by atoms with Gasteiger partial charge in [0.1, 0.15) is 12.1 Å². The third kappa shape index (κ3) is 4.67. The second kappa shape index (κ2) is 8.99. The van der Waals surface area contributed by atoms with Gasteiger partial charge in [-0.2, -0.15) is 4.52 Å². The van der Waals surface area contributed by atoms with Crippen LogP contribution in [0.1, 0.15) is 11.1 Å². The Morgan fingerprint density at radius 3 is 2.61 bits per heavy atom. The van der Waals surface area contributed by atoms with Crippen LogP contribution in [0.25, 0.3) is 5.65 Å². The number of ether oxygens (including phenoxy) is 1. The van der Waals surface area contributed by atoms with Crippen molar-refractivity contribution in [2.24, 2.45) is 0 Å². The average Bonchev–Trinajstić information content (AvgIpc) is 3.28. The van der Waals surface area contributed by atoms with E-state index in [-0.39, 0.29) is 5.91 Å². The van der Waals surface area contributed by atoms with E-state index < -0.39 is 0 Å². The zero-order chi connectivity index (χ0) is 21.0. The number of carbonyl (C=O) groups excluding carboxylic acids is 1. The summed E-state index contributed by atoms with van der Waals surface area (Å²) in [5.74, 6) is 1.07. The van der Waals surface area contributed by atoms with E-state index in [1.807, 2.05) is 17.0 Å². The first-order valence-electron chi connectivity index (χ1n) is 10.8. The lowest BCUT2D eigenvalue weighted by Crippen LogP contribution is -2.49. The van der Waals surface area contributed by atoms with Gasteiger partial charge in [0, 0.05) is 45.8 Å². The number of hydrogen-bond donors (Lipinski definition) is 0. The largest absolute Gasteiger partial charge is 0.379 e. The van der Waals surface area contributed by atoms with Crippen molar-refractivity contribution in [2.75, 3.05) is 57.4 Å². The van der Waals surface area contributed by atoms with E-state index in [9.17, 15) is 4.79 Å². The third-order valence-electron chi connectivity index (χ3n) is 5.96.